The van der Waals surface area contributed by atoms with E-state index in [0.717, 1.165) is 31.6 Å². The Morgan fingerprint density at radius 1 is 1.26 bits per heavy atom. The minimum atomic E-state index is -0.453. The summed E-state index contributed by atoms with van der Waals surface area (Å²) < 4.78 is 18.4. The van der Waals surface area contributed by atoms with Crippen molar-refractivity contribution in [1.82, 2.24) is 4.90 Å². The van der Waals surface area contributed by atoms with Gasteiger partial charge in [0.05, 0.1) is 0 Å². The maximum Gasteiger partial charge on any atom is 0.410 e. The van der Waals surface area contributed by atoms with Crippen LogP contribution in [0.15, 0.2) is 24.3 Å². The molecular formula is C18H27FN2O2. The van der Waals surface area contributed by atoms with E-state index in [4.69, 9.17) is 4.74 Å². The lowest BCUT2D eigenvalue weighted by atomic mass is 9.90. The third kappa shape index (κ3) is 5.41. The molecule has 1 unspecified atom stereocenters. The van der Waals surface area contributed by atoms with Gasteiger partial charge in [-0.05, 0) is 70.7 Å². The maximum atomic E-state index is 12.9. The number of nitrogens with zero attached hydrogens (tertiary/aromatic N) is 1. The van der Waals surface area contributed by atoms with Crippen LogP contribution in [0.5, 0.6) is 0 Å². The molecular weight excluding hydrogens is 295 g/mol. The van der Waals surface area contributed by atoms with Crippen LogP contribution in [0.25, 0.3) is 0 Å². The summed E-state index contributed by atoms with van der Waals surface area (Å²) in [5.74, 6) is 0.257. The predicted molar refractivity (Wildman–Crippen MR) is 90.0 cm³/mol. The fraction of sp³-hybridized carbons (Fsp3) is 0.611. The molecule has 0 saturated carbocycles. The number of hydrogen-bond donors (Lipinski definition) is 1. The van der Waals surface area contributed by atoms with E-state index in [1.54, 1.807) is 17.0 Å². The summed E-state index contributed by atoms with van der Waals surface area (Å²) in [5.41, 5.74) is 0.471. The Hall–Kier alpha value is -1.78. The SMILES string of the molecule is CC(Nc1ccc(F)cc1)C1CCN(C(=O)OC(C)(C)C)CC1. The number of carbonyl (C=O) groups is 1. The molecule has 0 bridgehead atoms. The predicted octanol–water partition coefficient (Wildman–Crippen LogP) is 4.27. The van der Waals surface area contributed by atoms with Crippen LogP contribution in [-0.2, 0) is 4.74 Å². The standard InChI is InChI=1S/C18H27FN2O2/c1-13(20-16-7-5-15(19)6-8-16)14-9-11-21(12-10-14)17(22)23-18(2,3)4/h5-8,13-14,20H,9-12H2,1-4H3. The largest absolute Gasteiger partial charge is 0.444 e. The van der Waals surface area contributed by atoms with Gasteiger partial charge >= 0.3 is 6.09 Å². The molecule has 1 aromatic carbocycles. The lowest BCUT2D eigenvalue weighted by Gasteiger charge is -2.36. The van der Waals surface area contributed by atoms with Gasteiger partial charge in [0.15, 0.2) is 0 Å². The van der Waals surface area contributed by atoms with Crippen molar-refractivity contribution in [1.29, 1.82) is 0 Å². The number of anilines is 1. The van der Waals surface area contributed by atoms with Crippen molar-refractivity contribution in [2.24, 2.45) is 5.92 Å². The minimum absolute atomic E-state index is 0.227. The molecule has 23 heavy (non-hydrogen) atoms. The highest BCUT2D eigenvalue weighted by Gasteiger charge is 2.29. The molecule has 0 aromatic heterocycles. The summed E-state index contributed by atoms with van der Waals surface area (Å²) in [4.78, 5) is 13.8. The zero-order chi connectivity index (χ0) is 17.0. The molecule has 1 fully saturated rings. The number of benzene rings is 1. The van der Waals surface area contributed by atoms with E-state index in [2.05, 4.69) is 12.2 Å². The topological polar surface area (TPSA) is 41.6 Å². The molecule has 1 heterocycles. The number of nitrogens with one attached hydrogen (secondary N) is 1. The number of likely N-dealkylation sites (tertiary alicyclic amines) is 1. The number of ether oxygens (including phenoxy) is 1. The van der Waals surface area contributed by atoms with Crippen molar-refractivity contribution in [2.75, 3.05) is 18.4 Å². The number of piperidine rings is 1. The lowest BCUT2D eigenvalue weighted by Crippen LogP contribution is -2.44. The second-order valence-corrected chi connectivity index (χ2v) is 7.24. The normalized spacial score (nSPS) is 17.7. The van der Waals surface area contributed by atoms with Crippen molar-refractivity contribution >= 4 is 11.8 Å². The summed E-state index contributed by atoms with van der Waals surface area (Å²) in [6.07, 6.45) is 1.65. The van der Waals surface area contributed by atoms with Gasteiger partial charge in [0.25, 0.3) is 0 Å². The van der Waals surface area contributed by atoms with E-state index < -0.39 is 5.60 Å². The number of carbonyl (C=O) groups excluding carboxylic acids is 1. The van der Waals surface area contributed by atoms with E-state index in [1.807, 2.05) is 20.8 Å². The van der Waals surface area contributed by atoms with Gasteiger partial charge in [0.1, 0.15) is 11.4 Å². The van der Waals surface area contributed by atoms with E-state index >= 15 is 0 Å². The lowest BCUT2D eigenvalue weighted by molar-refractivity contribution is 0.0179. The second-order valence-electron chi connectivity index (χ2n) is 7.24. The summed E-state index contributed by atoms with van der Waals surface area (Å²) >= 11 is 0. The average molecular weight is 322 g/mol. The molecule has 0 aliphatic carbocycles. The molecule has 1 atom stereocenters. The van der Waals surface area contributed by atoms with Crippen molar-refractivity contribution in [2.45, 2.75) is 52.2 Å². The Bertz CT molecular complexity index is 517. The fourth-order valence-electron chi connectivity index (χ4n) is 2.84. The van der Waals surface area contributed by atoms with Crippen molar-refractivity contribution in [3.05, 3.63) is 30.1 Å². The molecule has 1 amide bonds. The van der Waals surface area contributed by atoms with Crippen LogP contribution in [0, 0.1) is 11.7 Å². The van der Waals surface area contributed by atoms with E-state index in [1.165, 1.54) is 12.1 Å². The van der Waals surface area contributed by atoms with Crippen LogP contribution < -0.4 is 5.32 Å². The molecule has 1 aromatic rings. The fourth-order valence-corrected chi connectivity index (χ4v) is 2.84. The van der Waals surface area contributed by atoms with E-state index in [0.29, 0.717) is 5.92 Å². The first-order chi connectivity index (χ1) is 10.7. The summed E-state index contributed by atoms with van der Waals surface area (Å²) in [7, 11) is 0. The molecule has 128 valence electrons. The van der Waals surface area contributed by atoms with Crippen LogP contribution in [-0.4, -0.2) is 35.7 Å². The van der Waals surface area contributed by atoms with Crippen molar-refractivity contribution < 1.29 is 13.9 Å². The Morgan fingerprint density at radius 3 is 2.35 bits per heavy atom. The van der Waals surface area contributed by atoms with Gasteiger partial charge in [0, 0.05) is 24.8 Å². The van der Waals surface area contributed by atoms with Crippen molar-refractivity contribution in [3.63, 3.8) is 0 Å². The summed E-state index contributed by atoms with van der Waals surface area (Å²) in [6, 6.07) is 6.70. The van der Waals surface area contributed by atoms with Gasteiger partial charge in [-0.3, -0.25) is 0 Å². The second kappa shape index (κ2) is 7.20. The van der Waals surface area contributed by atoms with Crippen LogP contribution in [0.2, 0.25) is 0 Å². The van der Waals surface area contributed by atoms with Gasteiger partial charge in [-0.15, -0.1) is 0 Å². The quantitative estimate of drug-likeness (QED) is 0.903. The Labute approximate surface area is 138 Å². The zero-order valence-electron chi connectivity index (χ0n) is 14.4. The first-order valence-corrected chi connectivity index (χ1v) is 8.24. The Balaban J connectivity index is 1.81. The van der Waals surface area contributed by atoms with Crippen LogP contribution in [0.1, 0.15) is 40.5 Å². The van der Waals surface area contributed by atoms with E-state index in [-0.39, 0.29) is 18.0 Å². The highest BCUT2D eigenvalue weighted by atomic mass is 19.1. The molecule has 0 radical (unpaired) electrons. The maximum absolute atomic E-state index is 12.9. The Kier molecular flexibility index (Phi) is 5.50. The average Bonchev–Trinajstić information content (AvgIpc) is 2.48. The molecule has 0 spiro atoms. The third-order valence-corrected chi connectivity index (χ3v) is 4.14. The first-order valence-electron chi connectivity index (χ1n) is 8.24. The minimum Gasteiger partial charge on any atom is -0.444 e. The van der Waals surface area contributed by atoms with Crippen LogP contribution in [0.4, 0.5) is 14.9 Å². The highest BCUT2D eigenvalue weighted by molar-refractivity contribution is 5.68. The summed E-state index contributed by atoms with van der Waals surface area (Å²) in [6.45, 7) is 9.21. The van der Waals surface area contributed by atoms with Crippen molar-refractivity contribution in [3.8, 4) is 0 Å². The highest BCUT2D eigenvalue weighted by Crippen LogP contribution is 2.24. The molecule has 4 nitrogen and oxygen atoms in total. The van der Waals surface area contributed by atoms with Gasteiger partial charge < -0.3 is 15.0 Å². The van der Waals surface area contributed by atoms with Crippen LogP contribution in [0.3, 0.4) is 0 Å². The molecule has 1 aliphatic heterocycles. The monoisotopic (exact) mass is 322 g/mol. The first kappa shape index (κ1) is 17.6. The molecule has 2 rings (SSSR count). The number of halogens is 1. The third-order valence-electron chi connectivity index (χ3n) is 4.14. The summed E-state index contributed by atoms with van der Waals surface area (Å²) in [5, 5.41) is 3.42. The Morgan fingerprint density at radius 2 is 1.83 bits per heavy atom. The van der Waals surface area contributed by atoms with Gasteiger partial charge in [0.2, 0.25) is 0 Å². The van der Waals surface area contributed by atoms with Gasteiger partial charge in [-0.25, -0.2) is 9.18 Å². The smallest absolute Gasteiger partial charge is 0.410 e. The molecule has 1 N–H and O–H groups in total. The number of rotatable bonds is 3. The number of hydrogen-bond acceptors (Lipinski definition) is 3. The van der Waals surface area contributed by atoms with E-state index in [9.17, 15) is 9.18 Å². The van der Waals surface area contributed by atoms with Gasteiger partial charge in [-0.1, -0.05) is 0 Å². The zero-order valence-corrected chi connectivity index (χ0v) is 14.4. The van der Waals surface area contributed by atoms with Crippen LogP contribution >= 0.6 is 0 Å². The van der Waals surface area contributed by atoms with Gasteiger partial charge in [-0.2, -0.15) is 0 Å². The molecule has 5 heteroatoms. The molecule has 1 saturated heterocycles. The molecule has 1 aliphatic rings. The number of amides is 1.